The lowest BCUT2D eigenvalue weighted by Gasteiger charge is -2.24. The highest BCUT2D eigenvalue weighted by Gasteiger charge is 2.10. The Morgan fingerprint density at radius 3 is 2.26 bits per heavy atom. The zero-order chi connectivity index (χ0) is 16.7. The van der Waals surface area contributed by atoms with Gasteiger partial charge in [0, 0.05) is 18.5 Å². The fraction of sp³-hybridized carbons (Fsp3) is 0.556. The molecule has 0 radical (unpaired) electrons. The van der Waals surface area contributed by atoms with Gasteiger partial charge in [0.2, 0.25) is 0 Å². The molecule has 0 unspecified atom stereocenters. The standard InChI is InChI=1S/C18H27BrN4/c1-3-5-7-11-23(12-8-6-4-2)16-10-9-14-13-15(19)17(20)22-18(14)21-16/h9-10,13H,3-8,11-12H2,1-2H3,(H2,20,21,22). The van der Waals surface area contributed by atoms with Crippen molar-refractivity contribution in [1.82, 2.24) is 9.97 Å². The zero-order valence-corrected chi connectivity index (χ0v) is 15.8. The molecule has 0 saturated carbocycles. The minimum Gasteiger partial charge on any atom is -0.383 e. The van der Waals surface area contributed by atoms with Gasteiger partial charge in [-0.05, 0) is 47.0 Å². The van der Waals surface area contributed by atoms with Crippen LogP contribution in [0.25, 0.3) is 11.0 Å². The van der Waals surface area contributed by atoms with Crippen LogP contribution in [0.3, 0.4) is 0 Å². The first kappa shape index (κ1) is 18.0. The molecule has 0 spiro atoms. The molecule has 2 aromatic rings. The van der Waals surface area contributed by atoms with Crippen molar-refractivity contribution in [2.24, 2.45) is 0 Å². The van der Waals surface area contributed by atoms with Crippen LogP contribution in [0.1, 0.15) is 52.4 Å². The van der Waals surface area contributed by atoms with E-state index >= 15 is 0 Å². The molecule has 0 aromatic carbocycles. The van der Waals surface area contributed by atoms with E-state index in [-0.39, 0.29) is 0 Å². The van der Waals surface area contributed by atoms with E-state index in [9.17, 15) is 0 Å². The Bertz CT molecular complexity index is 620. The summed E-state index contributed by atoms with van der Waals surface area (Å²) in [5.41, 5.74) is 6.62. The fourth-order valence-corrected chi connectivity index (χ4v) is 2.99. The minimum atomic E-state index is 0.491. The summed E-state index contributed by atoms with van der Waals surface area (Å²) < 4.78 is 0.822. The molecule has 23 heavy (non-hydrogen) atoms. The van der Waals surface area contributed by atoms with Crippen molar-refractivity contribution in [1.29, 1.82) is 0 Å². The summed E-state index contributed by atoms with van der Waals surface area (Å²) in [5, 5.41) is 1.01. The number of nitrogen functional groups attached to an aromatic ring is 1. The van der Waals surface area contributed by atoms with Gasteiger partial charge >= 0.3 is 0 Å². The topological polar surface area (TPSA) is 55.0 Å². The molecule has 0 fully saturated rings. The van der Waals surface area contributed by atoms with Gasteiger partial charge in [0.05, 0.1) is 4.47 Å². The molecule has 0 bridgehead atoms. The third-order valence-electron chi connectivity index (χ3n) is 4.03. The molecule has 0 amide bonds. The van der Waals surface area contributed by atoms with Crippen LogP contribution in [0.2, 0.25) is 0 Å². The summed E-state index contributed by atoms with van der Waals surface area (Å²) in [6, 6.07) is 6.17. The van der Waals surface area contributed by atoms with Crippen molar-refractivity contribution in [2.45, 2.75) is 52.4 Å². The van der Waals surface area contributed by atoms with E-state index in [2.05, 4.69) is 51.8 Å². The maximum atomic E-state index is 5.90. The number of unbranched alkanes of at least 4 members (excludes halogenated alkanes) is 4. The SMILES string of the molecule is CCCCCN(CCCCC)c1ccc2cc(Br)c(N)nc2n1. The van der Waals surface area contributed by atoms with E-state index in [1.165, 1.54) is 38.5 Å². The van der Waals surface area contributed by atoms with Gasteiger partial charge in [-0.15, -0.1) is 0 Å². The average Bonchev–Trinajstić information content (AvgIpc) is 2.54. The van der Waals surface area contributed by atoms with E-state index in [1.54, 1.807) is 0 Å². The average molecular weight is 379 g/mol. The van der Waals surface area contributed by atoms with Crippen molar-refractivity contribution in [3.05, 3.63) is 22.7 Å². The van der Waals surface area contributed by atoms with E-state index in [0.29, 0.717) is 5.82 Å². The largest absolute Gasteiger partial charge is 0.383 e. The summed E-state index contributed by atoms with van der Waals surface area (Å²) in [5.74, 6) is 1.50. The molecule has 2 rings (SSSR count). The van der Waals surface area contributed by atoms with E-state index in [1.807, 2.05) is 6.07 Å². The van der Waals surface area contributed by atoms with Crippen LogP contribution < -0.4 is 10.6 Å². The number of nitrogens with two attached hydrogens (primary N) is 1. The normalized spacial score (nSPS) is 11.1. The van der Waals surface area contributed by atoms with Crippen LogP contribution in [0, 0.1) is 0 Å². The molecule has 0 atom stereocenters. The van der Waals surface area contributed by atoms with Crippen LogP contribution in [0.5, 0.6) is 0 Å². The third-order valence-corrected chi connectivity index (χ3v) is 4.67. The highest BCUT2D eigenvalue weighted by atomic mass is 79.9. The third kappa shape index (κ3) is 5.06. The van der Waals surface area contributed by atoms with Crippen LogP contribution >= 0.6 is 15.9 Å². The lowest BCUT2D eigenvalue weighted by atomic mass is 10.2. The Kier molecular flexibility index (Phi) is 7.09. The molecule has 2 aromatic heterocycles. The van der Waals surface area contributed by atoms with Crippen molar-refractivity contribution in [2.75, 3.05) is 23.7 Å². The Labute approximate surface area is 147 Å². The van der Waals surface area contributed by atoms with Crippen LogP contribution in [0.4, 0.5) is 11.6 Å². The van der Waals surface area contributed by atoms with Crippen LogP contribution in [-0.4, -0.2) is 23.1 Å². The van der Waals surface area contributed by atoms with Gasteiger partial charge in [-0.25, -0.2) is 9.97 Å². The Balaban J connectivity index is 2.21. The first-order chi connectivity index (χ1) is 11.2. The van der Waals surface area contributed by atoms with Gasteiger partial charge in [0.15, 0.2) is 5.65 Å². The minimum absolute atomic E-state index is 0.491. The Hall–Kier alpha value is -1.36. The Morgan fingerprint density at radius 1 is 1.00 bits per heavy atom. The second kappa shape index (κ2) is 9.06. The number of hydrogen-bond acceptors (Lipinski definition) is 4. The van der Waals surface area contributed by atoms with Gasteiger partial charge in [0.1, 0.15) is 11.6 Å². The zero-order valence-electron chi connectivity index (χ0n) is 14.2. The lowest BCUT2D eigenvalue weighted by molar-refractivity contribution is 0.632. The first-order valence-electron chi connectivity index (χ1n) is 8.63. The maximum Gasteiger partial charge on any atom is 0.163 e. The summed E-state index contributed by atoms with van der Waals surface area (Å²) in [6.07, 6.45) is 7.41. The number of rotatable bonds is 9. The number of nitrogens with zero attached hydrogens (tertiary/aromatic N) is 3. The number of aromatic nitrogens is 2. The summed E-state index contributed by atoms with van der Waals surface area (Å²) in [6.45, 7) is 6.59. The predicted molar refractivity (Wildman–Crippen MR) is 103 cm³/mol. The highest BCUT2D eigenvalue weighted by molar-refractivity contribution is 9.10. The van der Waals surface area contributed by atoms with Crippen molar-refractivity contribution in [3.8, 4) is 0 Å². The van der Waals surface area contributed by atoms with Crippen molar-refractivity contribution < 1.29 is 0 Å². The number of anilines is 2. The summed E-state index contributed by atoms with van der Waals surface area (Å²) >= 11 is 3.42. The highest BCUT2D eigenvalue weighted by Crippen LogP contribution is 2.24. The molecule has 2 N–H and O–H groups in total. The summed E-state index contributed by atoms with van der Waals surface area (Å²) in [4.78, 5) is 11.5. The second-order valence-electron chi connectivity index (χ2n) is 5.97. The molecule has 0 aliphatic carbocycles. The van der Waals surface area contributed by atoms with Gasteiger partial charge in [-0.3, -0.25) is 0 Å². The Morgan fingerprint density at radius 2 is 1.65 bits per heavy atom. The summed E-state index contributed by atoms with van der Waals surface area (Å²) in [7, 11) is 0. The monoisotopic (exact) mass is 378 g/mol. The van der Waals surface area contributed by atoms with Crippen molar-refractivity contribution >= 4 is 38.6 Å². The number of fused-ring (bicyclic) bond motifs is 1. The van der Waals surface area contributed by atoms with Gasteiger partial charge < -0.3 is 10.6 Å². The van der Waals surface area contributed by atoms with Gasteiger partial charge in [-0.1, -0.05) is 39.5 Å². The predicted octanol–water partition coefficient (Wildman–Crippen LogP) is 5.16. The molecular weight excluding hydrogens is 352 g/mol. The smallest absolute Gasteiger partial charge is 0.163 e. The molecule has 0 aliphatic heterocycles. The number of hydrogen-bond donors (Lipinski definition) is 1. The number of halogens is 1. The van der Waals surface area contributed by atoms with Gasteiger partial charge in [-0.2, -0.15) is 0 Å². The molecule has 126 valence electrons. The molecule has 0 aliphatic rings. The molecule has 5 heteroatoms. The van der Waals surface area contributed by atoms with Crippen molar-refractivity contribution in [3.63, 3.8) is 0 Å². The van der Waals surface area contributed by atoms with E-state index in [4.69, 9.17) is 10.7 Å². The maximum absolute atomic E-state index is 5.90. The van der Waals surface area contributed by atoms with E-state index in [0.717, 1.165) is 34.4 Å². The van der Waals surface area contributed by atoms with E-state index < -0.39 is 0 Å². The quantitative estimate of drug-likeness (QED) is 0.612. The molecule has 4 nitrogen and oxygen atoms in total. The molecule has 2 heterocycles. The lowest BCUT2D eigenvalue weighted by Crippen LogP contribution is -2.26. The number of pyridine rings is 2. The first-order valence-corrected chi connectivity index (χ1v) is 9.42. The van der Waals surface area contributed by atoms with Crippen LogP contribution in [-0.2, 0) is 0 Å². The molecule has 0 saturated heterocycles. The van der Waals surface area contributed by atoms with Crippen LogP contribution in [0.15, 0.2) is 22.7 Å². The van der Waals surface area contributed by atoms with Gasteiger partial charge in [0.25, 0.3) is 0 Å². The fourth-order valence-electron chi connectivity index (χ4n) is 2.65. The second-order valence-corrected chi connectivity index (χ2v) is 6.83. The molecular formula is C18H27BrN4.